The molecular weight excluding hydrogens is 344 g/mol. The summed E-state index contributed by atoms with van der Waals surface area (Å²) in [6, 6.07) is 0. The van der Waals surface area contributed by atoms with Gasteiger partial charge in [0.05, 0.1) is 12.9 Å². The maximum atomic E-state index is 11.6. The third kappa shape index (κ3) is 2.74. The number of hydrogen-bond acceptors (Lipinski definition) is 7. The smallest absolute Gasteiger partial charge is 0.315 e. The molecule has 2 bridgehead atoms. The Morgan fingerprint density at radius 1 is 1.20 bits per heavy atom. The number of carbonyl (C=O) groups is 1. The number of methoxy groups -OCH3 is 1. The molecule has 4 aliphatic heterocycles. The summed E-state index contributed by atoms with van der Waals surface area (Å²) in [4.78, 5) is 23.5. The molecule has 7 heteroatoms. The van der Waals surface area contributed by atoms with Gasteiger partial charge in [-0.05, 0) is 43.9 Å². The van der Waals surface area contributed by atoms with E-state index in [4.69, 9.17) is 24.0 Å². The summed E-state index contributed by atoms with van der Waals surface area (Å²) in [6.07, 6.45) is 3.64. The van der Waals surface area contributed by atoms with Crippen LogP contribution in [-0.4, -0.2) is 41.9 Å². The highest BCUT2D eigenvalue weighted by atomic mass is 32.2. The van der Waals surface area contributed by atoms with Crippen LogP contribution in [0.15, 0.2) is 0 Å². The van der Waals surface area contributed by atoms with Crippen LogP contribution < -0.4 is 0 Å². The van der Waals surface area contributed by atoms with Crippen LogP contribution >= 0.6 is 11.8 Å². The Hall–Kier alpha value is -0.340. The van der Waals surface area contributed by atoms with Gasteiger partial charge in [-0.1, -0.05) is 13.8 Å². The molecule has 0 unspecified atom stereocenters. The molecule has 5 aliphatic rings. The lowest BCUT2D eigenvalue weighted by Crippen LogP contribution is -2.70. The lowest BCUT2D eigenvalue weighted by Gasteiger charge is -2.60. The maximum absolute atomic E-state index is 11.6. The number of ether oxygens (including phenoxy) is 3. The van der Waals surface area contributed by atoms with Crippen molar-refractivity contribution in [3.05, 3.63) is 0 Å². The molecule has 5 fully saturated rings. The second kappa shape index (κ2) is 6.37. The number of hydrogen-bond donors (Lipinski definition) is 0. The third-order valence-electron chi connectivity index (χ3n) is 6.69. The van der Waals surface area contributed by atoms with E-state index in [0.717, 1.165) is 19.3 Å². The lowest BCUT2D eigenvalue weighted by atomic mass is 9.58. The molecule has 0 radical (unpaired) electrons. The van der Waals surface area contributed by atoms with Crippen molar-refractivity contribution in [2.75, 3.05) is 12.9 Å². The van der Waals surface area contributed by atoms with Crippen LogP contribution in [0.3, 0.4) is 0 Å². The van der Waals surface area contributed by atoms with E-state index in [9.17, 15) is 4.79 Å². The highest BCUT2D eigenvalue weighted by Gasteiger charge is 2.69. The first-order valence-corrected chi connectivity index (χ1v) is 10.3. The molecule has 4 heterocycles. The average molecular weight is 372 g/mol. The third-order valence-corrected chi connectivity index (χ3v) is 7.96. The van der Waals surface area contributed by atoms with Crippen molar-refractivity contribution in [3.63, 3.8) is 0 Å². The minimum absolute atomic E-state index is 0.111. The van der Waals surface area contributed by atoms with Crippen LogP contribution in [0, 0.1) is 23.7 Å². The van der Waals surface area contributed by atoms with Crippen molar-refractivity contribution in [2.45, 2.75) is 69.6 Å². The molecule has 0 aromatic heterocycles. The summed E-state index contributed by atoms with van der Waals surface area (Å²) in [5.41, 5.74) is -0.643. The molecule has 1 aliphatic carbocycles. The molecule has 4 saturated heterocycles. The zero-order valence-corrected chi connectivity index (χ0v) is 16.2. The molecule has 1 spiro atoms. The zero-order chi connectivity index (χ0) is 17.8. The van der Waals surface area contributed by atoms with E-state index in [1.807, 2.05) is 6.92 Å². The van der Waals surface area contributed by atoms with Crippen LogP contribution in [0.25, 0.3) is 0 Å². The van der Waals surface area contributed by atoms with E-state index in [-0.39, 0.29) is 23.1 Å². The average Bonchev–Trinajstić information content (AvgIpc) is 2.82. The monoisotopic (exact) mass is 372 g/mol. The van der Waals surface area contributed by atoms with E-state index in [2.05, 4.69) is 13.8 Å². The quantitative estimate of drug-likeness (QED) is 0.557. The van der Waals surface area contributed by atoms with E-state index < -0.39 is 17.7 Å². The molecule has 25 heavy (non-hydrogen) atoms. The van der Waals surface area contributed by atoms with Crippen molar-refractivity contribution in [2.24, 2.45) is 23.7 Å². The second-order valence-corrected chi connectivity index (χ2v) is 9.25. The zero-order valence-electron chi connectivity index (χ0n) is 15.4. The fourth-order valence-electron chi connectivity index (χ4n) is 5.27. The fraction of sp³-hybridized carbons (Fsp3) is 0.944. The number of carbonyl (C=O) groups excluding carboxylic acids is 1. The summed E-state index contributed by atoms with van der Waals surface area (Å²) in [7, 11) is 1.41. The highest BCUT2D eigenvalue weighted by molar-refractivity contribution is 8.00. The molecule has 1 saturated carbocycles. The van der Waals surface area contributed by atoms with Crippen molar-refractivity contribution in [1.82, 2.24) is 0 Å². The van der Waals surface area contributed by atoms with Crippen LogP contribution in [-0.2, 0) is 28.8 Å². The van der Waals surface area contributed by atoms with Crippen LogP contribution in [0.5, 0.6) is 0 Å². The number of fused-ring (bicyclic) bond motifs is 2. The summed E-state index contributed by atoms with van der Waals surface area (Å²) >= 11 is 1.50. The van der Waals surface area contributed by atoms with E-state index in [1.165, 1.54) is 25.3 Å². The van der Waals surface area contributed by atoms with Crippen molar-refractivity contribution >= 4 is 17.7 Å². The minimum atomic E-state index is -0.754. The predicted molar refractivity (Wildman–Crippen MR) is 91.3 cm³/mol. The maximum Gasteiger partial charge on any atom is 0.315 e. The van der Waals surface area contributed by atoms with Gasteiger partial charge in [-0.15, -0.1) is 11.8 Å². The van der Waals surface area contributed by atoms with E-state index in [0.29, 0.717) is 17.8 Å². The Morgan fingerprint density at radius 3 is 2.76 bits per heavy atom. The molecule has 142 valence electrons. The van der Waals surface area contributed by atoms with Crippen LogP contribution in [0.4, 0.5) is 0 Å². The Bertz CT molecular complexity index is 544. The second-order valence-electron chi connectivity index (χ2n) is 8.16. The standard InChI is InChI=1S/C18H28O6S/c1-10-5-6-13-11(2)15(25-9-14(19)20-4)21-16-18(13)12(10)7-8-17(3,22-16)23-24-18/h10-13,15-16H,5-9H2,1-4H3/t10-,11-,12+,13+,15-,16-,17-,18-/m1/s1. The van der Waals surface area contributed by atoms with Gasteiger partial charge in [0.1, 0.15) is 5.44 Å². The van der Waals surface area contributed by atoms with Crippen LogP contribution in [0.1, 0.15) is 46.5 Å². The fourth-order valence-corrected chi connectivity index (χ4v) is 6.36. The summed E-state index contributed by atoms with van der Waals surface area (Å²) < 4.78 is 17.4. The Morgan fingerprint density at radius 2 is 2.00 bits per heavy atom. The van der Waals surface area contributed by atoms with Gasteiger partial charge in [-0.3, -0.25) is 4.79 Å². The molecule has 0 aromatic carbocycles. The Labute approximate surface area is 153 Å². The van der Waals surface area contributed by atoms with Gasteiger partial charge >= 0.3 is 5.97 Å². The van der Waals surface area contributed by atoms with E-state index in [1.54, 1.807) is 0 Å². The van der Waals surface area contributed by atoms with Crippen molar-refractivity contribution in [1.29, 1.82) is 0 Å². The summed E-state index contributed by atoms with van der Waals surface area (Å²) in [5.74, 6) is 0.769. The van der Waals surface area contributed by atoms with Gasteiger partial charge in [-0.25, -0.2) is 9.78 Å². The first-order valence-electron chi connectivity index (χ1n) is 9.28. The summed E-state index contributed by atoms with van der Waals surface area (Å²) in [5, 5.41) is 0. The Balaban J connectivity index is 1.64. The molecule has 0 N–H and O–H groups in total. The number of esters is 1. The van der Waals surface area contributed by atoms with Gasteiger partial charge in [-0.2, -0.15) is 0 Å². The summed E-state index contributed by atoms with van der Waals surface area (Å²) in [6.45, 7) is 6.42. The van der Waals surface area contributed by atoms with Crippen molar-refractivity contribution in [3.8, 4) is 0 Å². The molecule has 0 aromatic rings. The normalized spacial score (nSPS) is 51.5. The van der Waals surface area contributed by atoms with Crippen LogP contribution in [0.2, 0.25) is 0 Å². The first-order chi connectivity index (χ1) is 11.9. The molecule has 6 nitrogen and oxygen atoms in total. The first kappa shape index (κ1) is 18.0. The van der Waals surface area contributed by atoms with E-state index >= 15 is 0 Å². The topological polar surface area (TPSA) is 63.2 Å². The van der Waals surface area contributed by atoms with Crippen molar-refractivity contribution < 1.29 is 28.8 Å². The largest absolute Gasteiger partial charge is 0.468 e. The predicted octanol–water partition coefficient (Wildman–Crippen LogP) is 3.10. The molecule has 5 rings (SSSR count). The van der Waals surface area contributed by atoms with Gasteiger partial charge in [0.2, 0.25) is 5.79 Å². The number of thioether (sulfide) groups is 1. The van der Waals surface area contributed by atoms with Gasteiger partial charge in [0.15, 0.2) is 11.9 Å². The SMILES string of the molecule is COC(=O)CS[C@H]1O[C@@H]2O[C@@]3(C)CC[C@H]4[C@H](C)CC[C@@H]([C@H]1C)[C@@]24OO3. The number of rotatable bonds is 3. The Kier molecular flexibility index (Phi) is 4.60. The minimum Gasteiger partial charge on any atom is -0.468 e. The molecular formula is C18H28O6S. The van der Waals surface area contributed by atoms with Gasteiger partial charge in [0.25, 0.3) is 0 Å². The highest BCUT2D eigenvalue weighted by Crippen LogP contribution is 2.61. The lowest BCUT2D eigenvalue weighted by molar-refractivity contribution is -0.568. The van der Waals surface area contributed by atoms with Gasteiger partial charge in [0, 0.05) is 12.3 Å². The molecule has 0 amide bonds. The van der Waals surface area contributed by atoms with Gasteiger partial charge < -0.3 is 14.2 Å². The molecule has 8 atom stereocenters.